The Kier molecular flexibility index (Phi) is 4.11. The summed E-state index contributed by atoms with van der Waals surface area (Å²) in [6.07, 6.45) is 0. The number of aromatic nitrogens is 1. The fraction of sp³-hybridized carbons (Fsp3) is 0.100. The highest BCUT2D eigenvalue weighted by atomic mass is 35.5. The van der Waals surface area contributed by atoms with Gasteiger partial charge in [0.05, 0.1) is 17.1 Å². The quantitative estimate of drug-likeness (QED) is 0.637. The molecule has 27 heavy (non-hydrogen) atoms. The van der Waals surface area contributed by atoms with Crippen molar-refractivity contribution >= 4 is 40.0 Å². The van der Waals surface area contributed by atoms with Crippen molar-refractivity contribution < 1.29 is 9.53 Å². The maximum atomic E-state index is 12.5. The molecule has 1 atom stereocenters. The van der Waals surface area contributed by atoms with Crippen LogP contribution in [0.2, 0.25) is 10.0 Å². The van der Waals surface area contributed by atoms with E-state index in [9.17, 15) is 10.1 Å². The summed E-state index contributed by atoms with van der Waals surface area (Å²) < 4.78 is 7.33. The number of nitrogens with zero attached hydrogens (tertiary/aromatic N) is 2. The van der Waals surface area contributed by atoms with Crippen LogP contribution in [0.15, 0.2) is 53.9 Å². The standard InChI is InChI=1S/C20H13Cl2N3O2/c1-10(26)25-16-5-3-2-4-13(16)19-18(25)17(14(9-23)20(24)27-19)12-7-6-11(21)8-15(12)22/h2-8,17H,24H2,1H3/t17-/m1/s1. The van der Waals surface area contributed by atoms with Gasteiger partial charge in [-0.25, -0.2) is 0 Å². The number of ether oxygens (including phenoxy) is 1. The van der Waals surface area contributed by atoms with E-state index >= 15 is 0 Å². The molecule has 1 aliphatic heterocycles. The molecule has 0 amide bonds. The first-order valence-corrected chi connectivity index (χ1v) is 8.86. The molecule has 2 aromatic carbocycles. The Bertz CT molecular complexity index is 1190. The van der Waals surface area contributed by atoms with Gasteiger partial charge in [-0.2, -0.15) is 5.26 Å². The van der Waals surface area contributed by atoms with Crippen molar-refractivity contribution in [1.82, 2.24) is 4.57 Å². The fourth-order valence-corrected chi connectivity index (χ4v) is 4.06. The van der Waals surface area contributed by atoms with Crippen LogP contribution in [0, 0.1) is 11.3 Å². The second-order valence-corrected chi connectivity index (χ2v) is 7.02. The van der Waals surface area contributed by atoms with Crippen molar-refractivity contribution in [3.63, 3.8) is 0 Å². The summed E-state index contributed by atoms with van der Waals surface area (Å²) >= 11 is 12.5. The summed E-state index contributed by atoms with van der Waals surface area (Å²) in [7, 11) is 0. The lowest BCUT2D eigenvalue weighted by molar-refractivity contribution is 0.0937. The molecule has 3 aromatic rings. The van der Waals surface area contributed by atoms with Crippen molar-refractivity contribution in [2.45, 2.75) is 12.8 Å². The number of carbonyl (C=O) groups excluding carboxylic acids is 1. The lowest BCUT2D eigenvalue weighted by Crippen LogP contribution is -2.24. The first-order valence-electron chi connectivity index (χ1n) is 8.10. The number of rotatable bonds is 1. The van der Waals surface area contributed by atoms with Crippen molar-refractivity contribution in [1.29, 1.82) is 5.26 Å². The minimum absolute atomic E-state index is 0.00697. The van der Waals surface area contributed by atoms with E-state index in [1.165, 1.54) is 6.92 Å². The number of nitriles is 1. The number of carbonyl (C=O) groups is 1. The smallest absolute Gasteiger partial charge is 0.228 e. The summed E-state index contributed by atoms with van der Waals surface area (Å²) in [5, 5.41) is 11.3. The Balaban J connectivity index is 2.13. The molecule has 0 saturated heterocycles. The van der Waals surface area contributed by atoms with Gasteiger partial charge in [-0.15, -0.1) is 0 Å². The van der Waals surface area contributed by atoms with Gasteiger partial charge in [-0.3, -0.25) is 9.36 Å². The zero-order valence-corrected chi connectivity index (χ0v) is 15.7. The predicted molar refractivity (Wildman–Crippen MR) is 104 cm³/mol. The van der Waals surface area contributed by atoms with Gasteiger partial charge in [0.1, 0.15) is 11.6 Å². The molecule has 5 nitrogen and oxygen atoms in total. The average Bonchev–Trinajstić information content (AvgIpc) is 2.95. The Morgan fingerprint density at radius 3 is 2.67 bits per heavy atom. The van der Waals surface area contributed by atoms with Gasteiger partial charge in [0, 0.05) is 22.4 Å². The van der Waals surface area contributed by atoms with Gasteiger partial charge in [-0.05, 0) is 29.8 Å². The highest BCUT2D eigenvalue weighted by molar-refractivity contribution is 6.35. The number of halogens is 2. The van der Waals surface area contributed by atoms with Crippen LogP contribution in [0.5, 0.6) is 5.75 Å². The Labute approximate surface area is 165 Å². The third-order valence-electron chi connectivity index (χ3n) is 4.61. The normalized spacial score (nSPS) is 16.0. The van der Waals surface area contributed by atoms with Gasteiger partial charge in [0.25, 0.3) is 0 Å². The van der Waals surface area contributed by atoms with Crippen molar-refractivity contribution in [2.24, 2.45) is 5.73 Å². The average molecular weight is 398 g/mol. The number of para-hydroxylation sites is 1. The van der Waals surface area contributed by atoms with E-state index < -0.39 is 5.92 Å². The first kappa shape index (κ1) is 17.5. The second-order valence-electron chi connectivity index (χ2n) is 6.18. The van der Waals surface area contributed by atoms with Crippen molar-refractivity contribution in [2.75, 3.05) is 0 Å². The van der Waals surface area contributed by atoms with Gasteiger partial charge in [0.15, 0.2) is 5.75 Å². The maximum absolute atomic E-state index is 12.5. The Morgan fingerprint density at radius 2 is 2.00 bits per heavy atom. The van der Waals surface area contributed by atoms with Crippen LogP contribution in [-0.2, 0) is 0 Å². The van der Waals surface area contributed by atoms with E-state index in [-0.39, 0.29) is 17.4 Å². The lowest BCUT2D eigenvalue weighted by Gasteiger charge is -2.26. The SMILES string of the molecule is CC(=O)n1c2c(c3ccccc31)OC(N)=C(C#N)[C@H]2c1ccc(Cl)cc1Cl. The number of hydrogen-bond acceptors (Lipinski definition) is 4. The molecule has 0 radical (unpaired) electrons. The first-order chi connectivity index (χ1) is 12.9. The van der Waals surface area contributed by atoms with E-state index in [4.69, 9.17) is 33.7 Å². The summed E-state index contributed by atoms with van der Waals surface area (Å²) in [6, 6.07) is 14.5. The van der Waals surface area contributed by atoms with Gasteiger partial charge < -0.3 is 10.5 Å². The summed E-state index contributed by atoms with van der Waals surface area (Å²) in [6.45, 7) is 1.46. The lowest BCUT2D eigenvalue weighted by atomic mass is 9.86. The minimum Gasteiger partial charge on any atom is -0.438 e. The van der Waals surface area contributed by atoms with E-state index in [0.29, 0.717) is 32.6 Å². The number of fused-ring (bicyclic) bond motifs is 3. The van der Waals surface area contributed by atoms with Crippen molar-refractivity contribution in [3.05, 3.63) is 75.2 Å². The highest BCUT2D eigenvalue weighted by Gasteiger charge is 2.37. The van der Waals surface area contributed by atoms with Crippen molar-refractivity contribution in [3.8, 4) is 11.8 Å². The van der Waals surface area contributed by atoms with E-state index in [1.54, 1.807) is 22.8 Å². The largest absolute Gasteiger partial charge is 0.438 e. The van der Waals surface area contributed by atoms with Crippen LogP contribution in [0.4, 0.5) is 0 Å². The third-order valence-corrected chi connectivity index (χ3v) is 5.17. The molecule has 2 N–H and O–H groups in total. The van der Waals surface area contributed by atoms with Crippen LogP contribution in [0.25, 0.3) is 10.9 Å². The molecule has 7 heteroatoms. The summed E-state index contributed by atoms with van der Waals surface area (Å²) in [5.41, 5.74) is 8.08. The molecule has 0 aliphatic carbocycles. The molecule has 134 valence electrons. The van der Waals surface area contributed by atoms with E-state index in [0.717, 1.165) is 5.39 Å². The molecule has 0 spiro atoms. The zero-order chi connectivity index (χ0) is 19.3. The van der Waals surface area contributed by atoms with E-state index in [1.807, 2.05) is 24.3 Å². The molecule has 1 aromatic heterocycles. The molecule has 0 unspecified atom stereocenters. The number of allylic oxidation sites excluding steroid dienone is 1. The molecule has 1 aliphatic rings. The van der Waals surface area contributed by atoms with Crippen LogP contribution in [0.1, 0.15) is 28.9 Å². The Morgan fingerprint density at radius 1 is 1.26 bits per heavy atom. The fourth-order valence-electron chi connectivity index (χ4n) is 3.54. The third kappa shape index (κ3) is 2.57. The molecule has 4 rings (SSSR count). The molecule has 0 bridgehead atoms. The summed E-state index contributed by atoms with van der Waals surface area (Å²) in [5.74, 6) is -0.412. The van der Waals surface area contributed by atoms with Gasteiger partial charge in [0.2, 0.25) is 11.8 Å². The minimum atomic E-state index is -0.653. The van der Waals surface area contributed by atoms with Gasteiger partial charge in [-0.1, -0.05) is 41.4 Å². The number of benzene rings is 2. The Hall–Kier alpha value is -2.94. The molecule has 2 heterocycles. The molecular formula is C20H13Cl2N3O2. The van der Waals surface area contributed by atoms with Crippen LogP contribution < -0.4 is 10.5 Å². The molecule has 0 saturated carbocycles. The van der Waals surface area contributed by atoms with Crippen LogP contribution in [-0.4, -0.2) is 10.5 Å². The maximum Gasteiger partial charge on any atom is 0.228 e. The molecule has 0 fully saturated rings. The highest BCUT2D eigenvalue weighted by Crippen LogP contribution is 2.48. The number of nitrogens with two attached hydrogens (primary N) is 1. The zero-order valence-electron chi connectivity index (χ0n) is 14.2. The predicted octanol–water partition coefficient (Wildman–Crippen LogP) is 4.83. The summed E-state index contributed by atoms with van der Waals surface area (Å²) in [4.78, 5) is 12.5. The van der Waals surface area contributed by atoms with Gasteiger partial charge >= 0.3 is 0 Å². The van der Waals surface area contributed by atoms with Crippen LogP contribution in [0.3, 0.4) is 0 Å². The van der Waals surface area contributed by atoms with E-state index in [2.05, 4.69) is 6.07 Å². The number of hydrogen-bond donors (Lipinski definition) is 1. The molecular weight excluding hydrogens is 385 g/mol. The topological polar surface area (TPSA) is 81.0 Å². The van der Waals surface area contributed by atoms with Crippen LogP contribution >= 0.6 is 23.2 Å². The monoisotopic (exact) mass is 397 g/mol. The second kappa shape index (κ2) is 6.34.